The van der Waals surface area contributed by atoms with Crippen molar-refractivity contribution in [2.24, 2.45) is 0 Å². The molecule has 0 fully saturated rings. The molecule has 2 aromatic heterocycles. The summed E-state index contributed by atoms with van der Waals surface area (Å²) in [4.78, 5) is 0. The van der Waals surface area contributed by atoms with E-state index < -0.39 is 6.10 Å². The van der Waals surface area contributed by atoms with E-state index in [-0.39, 0.29) is 0 Å². The first-order valence-corrected chi connectivity index (χ1v) is 6.89. The molecule has 1 unspecified atom stereocenters. The second-order valence-corrected chi connectivity index (χ2v) is 5.15. The Bertz CT molecular complexity index is 466. The van der Waals surface area contributed by atoms with Crippen molar-refractivity contribution in [3.63, 3.8) is 0 Å². The van der Waals surface area contributed by atoms with E-state index in [1.165, 1.54) is 0 Å². The van der Waals surface area contributed by atoms with Gasteiger partial charge in [-0.1, -0.05) is 6.92 Å². The topological polar surface area (TPSA) is 38.0 Å². The van der Waals surface area contributed by atoms with Crippen LogP contribution >= 0.6 is 27.3 Å². The van der Waals surface area contributed by atoms with Gasteiger partial charge in [0.25, 0.3) is 0 Å². The van der Waals surface area contributed by atoms with Gasteiger partial charge in [-0.15, -0.1) is 0 Å². The average Bonchev–Trinajstić information content (AvgIpc) is 2.87. The highest BCUT2D eigenvalue weighted by molar-refractivity contribution is 9.10. The number of hydrogen-bond acceptors (Lipinski definition) is 3. The van der Waals surface area contributed by atoms with Crippen molar-refractivity contribution in [3.05, 3.63) is 38.8 Å². The van der Waals surface area contributed by atoms with E-state index in [1.54, 1.807) is 17.5 Å². The highest BCUT2D eigenvalue weighted by atomic mass is 79.9. The molecule has 0 amide bonds. The molecule has 3 nitrogen and oxygen atoms in total. The first-order chi connectivity index (χ1) is 7.74. The van der Waals surface area contributed by atoms with E-state index in [0.29, 0.717) is 0 Å². The first-order valence-electron chi connectivity index (χ1n) is 5.15. The number of aromatic nitrogens is 2. The maximum absolute atomic E-state index is 10.3. The van der Waals surface area contributed by atoms with Crippen LogP contribution in [0.1, 0.15) is 30.7 Å². The lowest BCUT2D eigenvalue weighted by atomic mass is 10.1. The Hall–Kier alpha value is -0.650. The van der Waals surface area contributed by atoms with Crippen LogP contribution in [-0.2, 0) is 6.54 Å². The summed E-state index contributed by atoms with van der Waals surface area (Å²) in [6.45, 7) is 2.93. The molecular weight excluding hydrogens is 288 g/mol. The number of aryl methyl sites for hydroxylation is 1. The largest absolute Gasteiger partial charge is 0.382 e. The van der Waals surface area contributed by atoms with Crippen LogP contribution in [0.2, 0.25) is 0 Å². The van der Waals surface area contributed by atoms with Crippen LogP contribution in [0, 0.1) is 0 Å². The molecule has 1 atom stereocenters. The summed E-state index contributed by atoms with van der Waals surface area (Å²) >= 11 is 5.01. The monoisotopic (exact) mass is 300 g/mol. The molecule has 5 heteroatoms. The molecule has 86 valence electrons. The van der Waals surface area contributed by atoms with E-state index in [9.17, 15) is 5.11 Å². The Morgan fingerprint density at radius 1 is 1.56 bits per heavy atom. The number of aliphatic hydroxyl groups is 1. The van der Waals surface area contributed by atoms with Gasteiger partial charge in [-0.25, -0.2) is 0 Å². The number of thiophene rings is 1. The van der Waals surface area contributed by atoms with Crippen molar-refractivity contribution in [3.8, 4) is 0 Å². The van der Waals surface area contributed by atoms with Gasteiger partial charge in [0.05, 0.1) is 5.69 Å². The first kappa shape index (κ1) is 11.8. The van der Waals surface area contributed by atoms with Gasteiger partial charge in [0.1, 0.15) is 6.10 Å². The summed E-state index contributed by atoms with van der Waals surface area (Å²) in [6.07, 6.45) is 2.13. The van der Waals surface area contributed by atoms with Crippen LogP contribution in [0.4, 0.5) is 0 Å². The lowest BCUT2D eigenvalue weighted by molar-refractivity contribution is 0.207. The molecule has 0 saturated heterocycles. The fraction of sp³-hybridized carbons (Fsp3) is 0.364. The van der Waals surface area contributed by atoms with Crippen molar-refractivity contribution in [2.45, 2.75) is 26.0 Å². The Morgan fingerprint density at radius 3 is 3.00 bits per heavy atom. The number of halogens is 1. The molecule has 0 aliphatic rings. The third-order valence-electron chi connectivity index (χ3n) is 2.40. The molecule has 1 N–H and O–H groups in total. The second kappa shape index (κ2) is 5.12. The lowest BCUT2D eigenvalue weighted by Gasteiger charge is -2.12. The standard InChI is InChI=1S/C11H13BrN2OS/c1-2-5-14-10(3-4-13-14)11(15)8-6-16-7-9(8)12/h3-4,6-7,11,15H,2,5H2,1H3. The van der Waals surface area contributed by atoms with Crippen LogP contribution in [0.5, 0.6) is 0 Å². The summed E-state index contributed by atoms with van der Waals surface area (Å²) in [6, 6.07) is 1.87. The molecule has 0 aliphatic heterocycles. The van der Waals surface area contributed by atoms with Gasteiger partial charge in [-0.2, -0.15) is 16.4 Å². The highest BCUT2D eigenvalue weighted by Gasteiger charge is 2.18. The molecule has 0 aliphatic carbocycles. The summed E-state index contributed by atoms with van der Waals surface area (Å²) in [5.41, 5.74) is 1.75. The quantitative estimate of drug-likeness (QED) is 0.941. The van der Waals surface area contributed by atoms with Crippen molar-refractivity contribution in [1.82, 2.24) is 9.78 Å². The maximum Gasteiger partial charge on any atom is 0.123 e. The molecule has 0 radical (unpaired) electrons. The molecule has 2 rings (SSSR count). The van der Waals surface area contributed by atoms with Gasteiger partial charge in [-0.05, 0) is 33.8 Å². The van der Waals surface area contributed by atoms with E-state index in [0.717, 1.165) is 28.7 Å². The minimum absolute atomic E-state index is 0.602. The number of hydrogen-bond donors (Lipinski definition) is 1. The van der Waals surface area contributed by atoms with Gasteiger partial charge in [0, 0.05) is 28.2 Å². The number of rotatable bonds is 4. The molecule has 0 aromatic carbocycles. The van der Waals surface area contributed by atoms with Crippen LogP contribution in [0.3, 0.4) is 0 Å². The van der Waals surface area contributed by atoms with Crippen molar-refractivity contribution in [1.29, 1.82) is 0 Å². The minimum Gasteiger partial charge on any atom is -0.382 e. The summed E-state index contributed by atoms with van der Waals surface area (Å²) in [5.74, 6) is 0. The van der Waals surface area contributed by atoms with Gasteiger partial charge >= 0.3 is 0 Å². The molecule has 0 spiro atoms. The zero-order valence-electron chi connectivity index (χ0n) is 8.93. The third-order valence-corrected chi connectivity index (χ3v) is 4.15. The molecular formula is C11H13BrN2OS. The van der Waals surface area contributed by atoms with Crippen LogP contribution < -0.4 is 0 Å². The summed E-state index contributed by atoms with van der Waals surface area (Å²) in [7, 11) is 0. The lowest BCUT2D eigenvalue weighted by Crippen LogP contribution is -2.09. The average molecular weight is 301 g/mol. The van der Waals surface area contributed by atoms with E-state index >= 15 is 0 Å². The number of nitrogens with zero attached hydrogens (tertiary/aromatic N) is 2. The Morgan fingerprint density at radius 2 is 2.38 bits per heavy atom. The fourth-order valence-corrected chi connectivity index (χ4v) is 3.15. The van der Waals surface area contributed by atoms with Crippen LogP contribution in [0.15, 0.2) is 27.5 Å². The predicted molar refractivity (Wildman–Crippen MR) is 68.6 cm³/mol. The normalized spacial score (nSPS) is 12.9. The molecule has 2 heterocycles. The molecule has 2 aromatic rings. The fourth-order valence-electron chi connectivity index (χ4n) is 1.62. The van der Waals surface area contributed by atoms with Gasteiger partial charge in [0.2, 0.25) is 0 Å². The maximum atomic E-state index is 10.3. The van der Waals surface area contributed by atoms with E-state index in [1.807, 2.05) is 21.5 Å². The summed E-state index contributed by atoms with van der Waals surface area (Å²) < 4.78 is 2.81. The van der Waals surface area contributed by atoms with Crippen molar-refractivity contribution in [2.75, 3.05) is 0 Å². The zero-order chi connectivity index (χ0) is 11.5. The Labute approximate surface area is 107 Å². The van der Waals surface area contributed by atoms with Gasteiger partial charge in [0.15, 0.2) is 0 Å². The molecule has 0 bridgehead atoms. The van der Waals surface area contributed by atoms with Gasteiger partial charge < -0.3 is 5.11 Å². The second-order valence-electron chi connectivity index (χ2n) is 3.56. The van der Waals surface area contributed by atoms with E-state index in [4.69, 9.17) is 0 Å². The van der Waals surface area contributed by atoms with Crippen molar-refractivity contribution < 1.29 is 5.11 Å². The van der Waals surface area contributed by atoms with Crippen LogP contribution in [-0.4, -0.2) is 14.9 Å². The summed E-state index contributed by atoms with van der Waals surface area (Å²) in [5, 5.41) is 18.4. The third kappa shape index (κ3) is 2.21. The highest BCUT2D eigenvalue weighted by Crippen LogP contribution is 2.31. The SMILES string of the molecule is CCCn1nccc1C(O)c1cscc1Br. The van der Waals surface area contributed by atoms with Crippen molar-refractivity contribution >= 4 is 27.3 Å². The smallest absolute Gasteiger partial charge is 0.123 e. The Kier molecular flexibility index (Phi) is 3.78. The predicted octanol–water partition coefficient (Wildman–Crippen LogP) is 3.20. The zero-order valence-corrected chi connectivity index (χ0v) is 11.3. The molecule has 0 saturated carbocycles. The van der Waals surface area contributed by atoms with Gasteiger partial charge in [-0.3, -0.25) is 4.68 Å². The number of aliphatic hydroxyl groups excluding tert-OH is 1. The Balaban J connectivity index is 2.30. The van der Waals surface area contributed by atoms with Crippen LogP contribution in [0.25, 0.3) is 0 Å². The van der Waals surface area contributed by atoms with E-state index in [2.05, 4.69) is 28.0 Å². The molecule has 16 heavy (non-hydrogen) atoms. The minimum atomic E-state index is -0.602.